The topological polar surface area (TPSA) is 33.1 Å². The van der Waals surface area contributed by atoms with Gasteiger partial charge < -0.3 is 5.11 Å². The largest absolute Gasteiger partial charge is 0.508 e. The summed E-state index contributed by atoms with van der Waals surface area (Å²) in [5.41, 5.74) is 1.99. The predicted molar refractivity (Wildman–Crippen MR) is 56.3 cm³/mol. The van der Waals surface area contributed by atoms with Gasteiger partial charge in [-0.3, -0.25) is 0 Å². The molecule has 2 nitrogen and oxygen atoms in total. The first-order chi connectivity index (χ1) is 6.75. The summed E-state index contributed by atoms with van der Waals surface area (Å²) in [7, 11) is 0. The summed E-state index contributed by atoms with van der Waals surface area (Å²) in [4.78, 5) is 3.98. The second-order valence-corrected chi connectivity index (χ2v) is 3.30. The first-order valence-corrected chi connectivity index (χ1v) is 4.54. The van der Waals surface area contributed by atoms with E-state index in [1.54, 1.807) is 24.4 Å². The van der Waals surface area contributed by atoms with Crippen LogP contribution in [0.4, 0.5) is 0 Å². The van der Waals surface area contributed by atoms with Crippen molar-refractivity contribution in [1.29, 1.82) is 0 Å². The molecule has 0 amide bonds. The van der Waals surface area contributed by atoms with Crippen molar-refractivity contribution >= 4 is 11.6 Å². The summed E-state index contributed by atoms with van der Waals surface area (Å²) in [6.07, 6.45) is 1.70. The van der Waals surface area contributed by atoms with E-state index < -0.39 is 0 Å². The summed E-state index contributed by atoms with van der Waals surface area (Å²) < 4.78 is 0. The highest BCUT2D eigenvalue weighted by Gasteiger charge is 1.97. The molecule has 0 radical (unpaired) electrons. The molecular weight excluding hydrogens is 198 g/mol. The van der Waals surface area contributed by atoms with Gasteiger partial charge in [0, 0.05) is 11.8 Å². The van der Waals surface area contributed by atoms with Gasteiger partial charge in [-0.25, -0.2) is 4.98 Å². The number of benzene rings is 1. The van der Waals surface area contributed by atoms with E-state index in [1.165, 1.54) is 0 Å². The molecule has 2 aromatic rings. The van der Waals surface area contributed by atoms with Gasteiger partial charge in [0.1, 0.15) is 10.9 Å². The van der Waals surface area contributed by atoms with E-state index in [0.29, 0.717) is 5.15 Å². The third kappa shape index (κ3) is 1.86. The van der Waals surface area contributed by atoms with Gasteiger partial charge in [0.25, 0.3) is 0 Å². The van der Waals surface area contributed by atoms with Crippen molar-refractivity contribution in [2.24, 2.45) is 0 Å². The Morgan fingerprint density at radius 2 is 1.57 bits per heavy atom. The van der Waals surface area contributed by atoms with Crippen molar-refractivity contribution in [3.63, 3.8) is 0 Å². The summed E-state index contributed by atoms with van der Waals surface area (Å²) in [5, 5.41) is 9.59. The molecule has 0 aliphatic heterocycles. The van der Waals surface area contributed by atoms with Gasteiger partial charge in [-0.15, -0.1) is 0 Å². The molecule has 14 heavy (non-hydrogen) atoms. The van der Waals surface area contributed by atoms with Crippen LogP contribution in [0.2, 0.25) is 5.15 Å². The van der Waals surface area contributed by atoms with E-state index in [9.17, 15) is 0 Å². The molecule has 0 saturated carbocycles. The van der Waals surface area contributed by atoms with Gasteiger partial charge in [-0.1, -0.05) is 23.7 Å². The van der Waals surface area contributed by atoms with Crippen molar-refractivity contribution in [3.8, 4) is 16.9 Å². The standard InChI is InChI=1S/C11H8ClNO/c12-11-6-3-9(7-13-11)8-1-4-10(14)5-2-8/h1-7,14H. The van der Waals surface area contributed by atoms with Crippen LogP contribution in [-0.2, 0) is 0 Å². The van der Waals surface area contributed by atoms with E-state index in [2.05, 4.69) is 4.98 Å². The molecular formula is C11H8ClNO. The maximum atomic E-state index is 9.11. The van der Waals surface area contributed by atoms with Crippen molar-refractivity contribution in [2.75, 3.05) is 0 Å². The Bertz CT molecular complexity index is 379. The molecule has 0 unspecified atom stereocenters. The van der Waals surface area contributed by atoms with Crippen LogP contribution in [0.3, 0.4) is 0 Å². The molecule has 1 aromatic carbocycles. The Balaban J connectivity index is 2.40. The van der Waals surface area contributed by atoms with Crippen LogP contribution in [0.1, 0.15) is 0 Å². The SMILES string of the molecule is Oc1ccc(-c2ccc(Cl)nc2)cc1. The Morgan fingerprint density at radius 1 is 0.929 bits per heavy atom. The highest BCUT2D eigenvalue weighted by atomic mass is 35.5. The number of hydrogen-bond donors (Lipinski definition) is 1. The lowest BCUT2D eigenvalue weighted by molar-refractivity contribution is 0.475. The Labute approximate surface area is 86.8 Å². The van der Waals surface area contributed by atoms with Crippen LogP contribution in [0, 0.1) is 0 Å². The second-order valence-electron chi connectivity index (χ2n) is 2.92. The lowest BCUT2D eigenvalue weighted by Gasteiger charge is -2.00. The number of nitrogens with zero attached hydrogens (tertiary/aromatic N) is 1. The molecule has 0 atom stereocenters. The van der Waals surface area contributed by atoms with E-state index in [4.69, 9.17) is 16.7 Å². The normalized spacial score (nSPS) is 10.1. The minimum absolute atomic E-state index is 0.260. The molecule has 1 aromatic heterocycles. The summed E-state index contributed by atoms with van der Waals surface area (Å²) in [6, 6.07) is 10.6. The van der Waals surface area contributed by atoms with Gasteiger partial charge in [-0.05, 0) is 29.8 Å². The van der Waals surface area contributed by atoms with Crippen LogP contribution >= 0.6 is 11.6 Å². The fraction of sp³-hybridized carbons (Fsp3) is 0. The number of halogens is 1. The van der Waals surface area contributed by atoms with Gasteiger partial charge in [-0.2, -0.15) is 0 Å². The third-order valence-electron chi connectivity index (χ3n) is 1.93. The summed E-state index contributed by atoms with van der Waals surface area (Å²) >= 11 is 5.67. The minimum Gasteiger partial charge on any atom is -0.508 e. The van der Waals surface area contributed by atoms with Crippen LogP contribution in [0.15, 0.2) is 42.6 Å². The molecule has 0 aliphatic rings. The molecule has 1 heterocycles. The van der Waals surface area contributed by atoms with Crippen molar-refractivity contribution in [1.82, 2.24) is 4.98 Å². The number of rotatable bonds is 1. The minimum atomic E-state index is 0.260. The molecule has 70 valence electrons. The molecule has 2 rings (SSSR count). The number of aromatic hydroxyl groups is 1. The number of phenols is 1. The number of hydrogen-bond acceptors (Lipinski definition) is 2. The number of pyridine rings is 1. The van der Waals surface area contributed by atoms with E-state index in [1.807, 2.05) is 18.2 Å². The zero-order chi connectivity index (χ0) is 9.97. The number of phenolic OH excluding ortho intramolecular Hbond substituents is 1. The van der Waals surface area contributed by atoms with E-state index >= 15 is 0 Å². The molecule has 0 bridgehead atoms. The van der Waals surface area contributed by atoms with Gasteiger partial charge in [0.2, 0.25) is 0 Å². The molecule has 0 spiro atoms. The van der Waals surface area contributed by atoms with Crippen molar-refractivity contribution in [3.05, 3.63) is 47.7 Å². The molecule has 0 aliphatic carbocycles. The lowest BCUT2D eigenvalue weighted by atomic mass is 10.1. The van der Waals surface area contributed by atoms with Gasteiger partial charge in [0.05, 0.1) is 0 Å². The second kappa shape index (κ2) is 3.68. The molecule has 1 N–H and O–H groups in total. The smallest absolute Gasteiger partial charge is 0.129 e. The van der Waals surface area contributed by atoms with E-state index in [-0.39, 0.29) is 5.75 Å². The predicted octanol–water partition coefficient (Wildman–Crippen LogP) is 3.11. The molecule has 3 heteroatoms. The lowest BCUT2D eigenvalue weighted by Crippen LogP contribution is -1.79. The van der Waals surface area contributed by atoms with Crippen molar-refractivity contribution in [2.45, 2.75) is 0 Å². The van der Waals surface area contributed by atoms with Crippen LogP contribution in [-0.4, -0.2) is 10.1 Å². The number of aromatic nitrogens is 1. The average molecular weight is 206 g/mol. The van der Waals surface area contributed by atoms with Crippen LogP contribution in [0.25, 0.3) is 11.1 Å². The third-order valence-corrected chi connectivity index (χ3v) is 2.15. The summed E-state index contributed by atoms with van der Waals surface area (Å²) in [5.74, 6) is 0.260. The first kappa shape index (κ1) is 9.03. The van der Waals surface area contributed by atoms with E-state index in [0.717, 1.165) is 11.1 Å². The highest BCUT2D eigenvalue weighted by Crippen LogP contribution is 2.21. The molecule has 0 saturated heterocycles. The highest BCUT2D eigenvalue weighted by molar-refractivity contribution is 6.29. The monoisotopic (exact) mass is 205 g/mol. The van der Waals surface area contributed by atoms with Crippen LogP contribution < -0.4 is 0 Å². The van der Waals surface area contributed by atoms with Gasteiger partial charge >= 0.3 is 0 Å². The zero-order valence-corrected chi connectivity index (χ0v) is 8.07. The quantitative estimate of drug-likeness (QED) is 0.726. The Hall–Kier alpha value is -1.54. The van der Waals surface area contributed by atoms with Crippen LogP contribution in [0.5, 0.6) is 5.75 Å². The first-order valence-electron chi connectivity index (χ1n) is 4.17. The summed E-state index contributed by atoms with van der Waals surface area (Å²) in [6.45, 7) is 0. The Morgan fingerprint density at radius 3 is 2.14 bits per heavy atom. The maximum Gasteiger partial charge on any atom is 0.129 e. The van der Waals surface area contributed by atoms with Crippen molar-refractivity contribution < 1.29 is 5.11 Å². The molecule has 0 fully saturated rings. The maximum absolute atomic E-state index is 9.11. The Kier molecular flexibility index (Phi) is 2.37. The fourth-order valence-electron chi connectivity index (χ4n) is 1.20. The van der Waals surface area contributed by atoms with Gasteiger partial charge in [0.15, 0.2) is 0 Å². The average Bonchev–Trinajstić information content (AvgIpc) is 2.21. The fourth-order valence-corrected chi connectivity index (χ4v) is 1.31. The zero-order valence-electron chi connectivity index (χ0n) is 7.31.